The van der Waals surface area contributed by atoms with Gasteiger partial charge in [0.15, 0.2) is 0 Å². The molecular formula is C27H36ClN3O3. The van der Waals surface area contributed by atoms with Crippen molar-refractivity contribution in [2.75, 3.05) is 33.3 Å². The largest absolute Gasteiger partial charge is 0.497 e. The number of nitrogens with zero attached hydrogens (tertiary/aromatic N) is 2. The number of piperidine rings is 1. The predicted octanol–water partition coefficient (Wildman–Crippen LogP) is 4.20. The summed E-state index contributed by atoms with van der Waals surface area (Å²) >= 11 is 0. The van der Waals surface area contributed by atoms with Crippen LogP contribution in [0.2, 0.25) is 0 Å². The molecule has 2 heterocycles. The van der Waals surface area contributed by atoms with Crippen LogP contribution < -0.4 is 10.1 Å². The quantitative estimate of drug-likeness (QED) is 0.608. The van der Waals surface area contributed by atoms with Crippen molar-refractivity contribution in [2.45, 2.75) is 45.2 Å². The van der Waals surface area contributed by atoms with Gasteiger partial charge in [-0.1, -0.05) is 42.5 Å². The molecule has 1 spiro atoms. The first kappa shape index (κ1) is 26.0. The summed E-state index contributed by atoms with van der Waals surface area (Å²) in [4.78, 5) is 29.5. The fourth-order valence-corrected chi connectivity index (χ4v) is 5.23. The minimum atomic E-state index is -0.195. The van der Waals surface area contributed by atoms with Crippen LogP contribution in [0.5, 0.6) is 5.75 Å². The highest BCUT2D eigenvalue weighted by Gasteiger charge is 2.47. The third kappa shape index (κ3) is 6.10. The van der Waals surface area contributed by atoms with Gasteiger partial charge in [0, 0.05) is 26.6 Å². The van der Waals surface area contributed by atoms with Gasteiger partial charge in [0.2, 0.25) is 11.8 Å². The van der Waals surface area contributed by atoms with Crippen molar-refractivity contribution in [3.63, 3.8) is 0 Å². The van der Waals surface area contributed by atoms with Crippen LogP contribution in [0.25, 0.3) is 0 Å². The summed E-state index contributed by atoms with van der Waals surface area (Å²) in [7, 11) is 1.66. The Morgan fingerprint density at radius 3 is 2.29 bits per heavy atom. The first-order valence-corrected chi connectivity index (χ1v) is 12.0. The number of likely N-dealkylation sites (tertiary alicyclic amines) is 2. The molecule has 0 bridgehead atoms. The van der Waals surface area contributed by atoms with Crippen LogP contribution in [0.4, 0.5) is 0 Å². The molecule has 0 radical (unpaired) electrons. The van der Waals surface area contributed by atoms with Crippen LogP contribution in [-0.4, -0.2) is 54.9 Å². The van der Waals surface area contributed by atoms with Crippen molar-refractivity contribution in [1.29, 1.82) is 0 Å². The summed E-state index contributed by atoms with van der Waals surface area (Å²) in [5.41, 5.74) is 2.09. The highest BCUT2D eigenvalue weighted by molar-refractivity contribution is 5.85. The smallest absolute Gasteiger partial charge is 0.229 e. The Kier molecular flexibility index (Phi) is 8.97. The molecule has 184 valence electrons. The topological polar surface area (TPSA) is 61.9 Å². The number of amides is 2. The fourth-order valence-electron chi connectivity index (χ4n) is 5.23. The molecule has 2 aliphatic heterocycles. The van der Waals surface area contributed by atoms with Gasteiger partial charge in [-0.2, -0.15) is 0 Å². The first-order chi connectivity index (χ1) is 16.0. The number of hydrogen-bond donors (Lipinski definition) is 1. The maximum atomic E-state index is 13.3. The molecule has 0 aliphatic carbocycles. The van der Waals surface area contributed by atoms with E-state index in [-0.39, 0.29) is 29.8 Å². The minimum absolute atomic E-state index is 0. The number of carbonyl (C=O) groups is 2. The van der Waals surface area contributed by atoms with E-state index in [1.807, 2.05) is 47.4 Å². The highest BCUT2D eigenvalue weighted by atomic mass is 35.5. The summed E-state index contributed by atoms with van der Waals surface area (Å²) < 4.78 is 5.23. The van der Waals surface area contributed by atoms with E-state index < -0.39 is 0 Å². The molecule has 4 rings (SSSR count). The van der Waals surface area contributed by atoms with Gasteiger partial charge in [-0.05, 0) is 62.0 Å². The van der Waals surface area contributed by atoms with Crippen LogP contribution >= 0.6 is 12.4 Å². The molecule has 1 atom stereocenters. The molecule has 0 aromatic heterocycles. The Labute approximate surface area is 209 Å². The number of hydrogen-bond acceptors (Lipinski definition) is 4. The molecule has 0 saturated carbocycles. The second kappa shape index (κ2) is 11.7. The lowest BCUT2D eigenvalue weighted by atomic mass is 9.77. The molecule has 2 amide bonds. The van der Waals surface area contributed by atoms with Crippen LogP contribution in [-0.2, 0) is 16.1 Å². The maximum absolute atomic E-state index is 13.3. The molecule has 2 aliphatic rings. The van der Waals surface area contributed by atoms with E-state index in [4.69, 9.17) is 4.74 Å². The lowest BCUT2D eigenvalue weighted by molar-refractivity contribution is -0.139. The van der Waals surface area contributed by atoms with Gasteiger partial charge in [-0.15, -0.1) is 12.4 Å². The summed E-state index contributed by atoms with van der Waals surface area (Å²) in [6.07, 6.45) is 3.66. The Morgan fingerprint density at radius 1 is 1.03 bits per heavy atom. The molecule has 1 N–H and O–H groups in total. The van der Waals surface area contributed by atoms with Crippen molar-refractivity contribution >= 4 is 24.2 Å². The molecule has 2 aromatic carbocycles. The fraction of sp³-hybridized carbons (Fsp3) is 0.481. The van der Waals surface area contributed by atoms with Crippen LogP contribution in [0, 0.1) is 5.41 Å². The minimum Gasteiger partial charge on any atom is -0.497 e. The number of benzene rings is 2. The Hall–Kier alpha value is -2.57. The van der Waals surface area contributed by atoms with E-state index >= 15 is 0 Å². The summed E-state index contributed by atoms with van der Waals surface area (Å²) in [6, 6.07) is 18.2. The Bertz CT molecular complexity index is 943. The second-order valence-electron chi connectivity index (χ2n) is 9.40. The normalized spacial score (nSPS) is 18.4. The Balaban J connectivity index is 0.00000324. The standard InChI is InChI=1S/C27H35N3O3.ClH/c1-21(31)28-25(23-6-4-3-5-7-23)12-16-29-17-13-27(14-18-29)15-19-30(26(27)32)20-22-8-10-24(33-2)11-9-22;/h3-11,25H,12-20H2,1-2H3,(H,28,31);1H. The van der Waals surface area contributed by atoms with Crippen LogP contribution in [0.15, 0.2) is 54.6 Å². The van der Waals surface area contributed by atoms with Crippen molar-refractivity contribution in [3.05, 3.63) is 65.7 Å². The van der Waals surface area contributed by atoms with Crippen LogP contribution in [0.1, 0.15) is 49.8 Å². The average molecular weight is 486 g/mol. The lowest BCUT2D eigenvalue weighted by Gasteiger charge is -2.38. The van der Waals surface area contributed by atoms with Gasteiger partial charge in [0.25, 0.3) is 0 Å². The average Bonchev–Trinajstić information content (AvgIpc) is 3.13. The predicted molar refractivity (Wildman–Crippen MR) is 136 cm³/mol. The van der Waals surface area contributed by atoms with Gasteiger partial charge in [0.05, 0.1) is 18.6 Å². The van der Waals surface area contributed by atoms with Crippen molar-refractivity contribution in [1.82, 2.24) is 15.1 Å². The summed E-state index contributed by atoms with van der Waals surface area (Å²) in [6.45, 7) is 5.87. The molecule has 2 saturated heterocycles. The third-order valence-corrected chi connectivity index (χ3v) is 7.26. The first-order valence-electron chi connectivity index (χ1n) is 12.0. The van der Waals surface area contributed by atoms with Gasteiger partial charge in [0.1, 0.15) is 5.75 Å². The lowest BCUT2D eigenvalue weighted by Crippen LogP contribution is -2.45. The van der Waals surface area contributed by atoms with E-state index in [2.05, 4.69) is 22.3 Å². The molecule has 7 heteroatoms. The molecule has 34 heavy (non-hydrogen) atoms. The number of rotatable bonds is 8. The number of ether oxygens (including phenoxy) is 1. The number of halogens is 1. The van der Waals surface area contributed by atoms with Gasteiger partial charge < -0.3 is 19.9 Å². The molecule has 1 unspecified atom stereocenters. The van der Waals surface area contributed by atoms with E-state index in [1.54, 1.807) is 14.0 Å². The van der Waals surface area contributed by atoms with Crippen molar-refractivity contribution in [2.24, 2.45) is 5.41 Å². The van der Waals surface area contributed by atoms with Crippen molar-refractivity contribution < 1.29 is 14.3 Å². The third-order valence-electron chi connectivity index (χ3n) is 7.26. The zero-order valence-corrected chi connectivity index (χ0v) is 21.0. The Morgan fingerprint density at radius 2 is 1.68 bits per heavy atom. The number of methoxy groups -OCH3 is 1. The zero-order chi connectivity index (χ0) is 23.3. The van der Waals surface area contributed by atoms with E-state index in [0.29, 0.717) is 12.5 Å². The SMILES string of the molecule is COc1ccc(CN2CCC3(CCN(CCC(NC(C)=O)c4ccccc4)CC3)C2=O)cc1.Cl. The molecule has 2 aromatic rings. The molecular weight excluding hydrogens is 450 g/mol. The van der Waals surface area contributed by atoms with E-state index in [9.17, 15) is 9.59 Å². The number of carbonyl (C=O) groups excluding carboxylic acids is 2. The zero-order valence-electron chi connectivity index (χ0n) is 20.2. The van der Waals surface area contributed by atoms with Gasteiger partial charge >= 0.3 is 0 Å². The maximum Gasteiger partial charge on any atom is 0.229 e. The molecule has 6 nitrogen and oxygen atoms in total. The van der Waals surface area contributed by atoms with Gasteiger partial charge in [-0.3, -0.25) is 9.59 Å². The van der Waals surface area contributed by atoms with Crippen LogP contribution in [0.3, 0.4) is 0 Å². The molecule has 2 fully saturated rings. The summed E-state index contributed by atoms with van der Waals surface area (Å²) in [5, 5.41) is 3.09. The van der Waals surface area contributed by atoms with Gasteiger partial charge in [-0.25, -0.2) is 0 Å². The monoisotopic (exact) mass is 485 g/mol. The van der Waals surface area contributed by atoms with Crippen molar-refractivity contribution in [3.8, 4) is 5.75 Å². The highest BCUT2D eigenvalue weighted by Crippen LogP contribution is 2.42. The number of nitrogens with one attached hydrogen (secondary N) is 1. The van der Waals surface area contributed by atoms with E-state index in [1.165, 1.54) is 0 Å². The second-order valence-corrected chi connectivity index (χ2v) is 9.40. The van der Waals surface area contributed by atoms with E-state index in [0.717, 1.165) is 68.7 Å². The summed E-state index contributed by atoms with van der Waals surface area (Å²) in [5.74, 6) is 1.15.